The van der Waals surface area contributed by atoms with Crippen LogP contribution >= 0.6 is 23.2 Å². The largest absolute Gasteiger partial charge is 0.359 e. The van der Waals surface area contributed by atoms with Gasteiger partial charge in [0, 0.05) is 13.6 Å². The summed E-state index contributed by atoms with van der Waals surface area (Å²) in [6.07, 6.45) is 0. The van der Waals surface area contributed by atoms with Crippen molar-refractivity contribution in [3.63, 3.8) is 0 Å². The third-order valence-electron chi connectivity index (χ3n) is 2.31. The van der Waals surface area contributed by atoms with E-state index in [1.54, 1.807) is 6.07 Å². The van der Waals surface area contributed by atoms with E-state index in [-0.39, 0.29) is 6.04 Å². The summed E-state index contributed by atoms with van der Waals surface area (Å²) < 4.78 is 0. The molecule has 1 aromatic carbocycles. The van der Waals surface area contributed by atoms with Crippen molar-refractivity contribution in [1.82, 2.24) is 10.6 Å². The summed E-state index contributed by atoms with van der Waals surface area (Å²) in [6.45, 7) is 0.786. The first-order valence-electron chi connectivity index (χ1n) is 4.65. The van der Waals surface area contributed by atoms with Crippen molar-refractivity contribution in [1.29, 1.82) is 0 Å². The van der Waals surface area contributed by atoms with Crippen LogP contribution in [0.1, 0.15) is 11.6 Å². The molecule has 2 N–H and O–H groups in total. The third-order valence-corrected chi connectivity index (χ3v) is 3.05. The van der Waals surface area contributed by atoms with Crippen LogP contribution in [0, 0.1) is 0 Å². The molecule has 0 spiro atoms. The maximum Gasteiger partial charge on any atom is 0.191 e. The Hall–Kier alpha value is -0.930. The van der Waals surface area contributed by atoms with E-state index >= 15 is 0 Å². The molecule has 3 nitrogen and oxygen atoms in total. The van der Waals surface area contributed by atoms with Gasteiger partial charge in [0.15, 0.2) is 5.96 Å². The Kier molecular flexibility index (Phi) is 3.03. The average Bonchev–Trinajstić information content (AvgIpc) is 2.70. The smallest absolute Gasteiger partial charge is 0.191 e. The first-order valence-corrected chi connectivity index (χ1v) is 5.40. The van der Waals surface area contributed by atoms with Crippen LogP contribution in [0.3, 0.4) is 0 Å². The first-order chi connectivity index (χ1) is 7.20. The van der Waals surface area contributed by atoms with Crippen molar-refractivity contribution in [3.8, 4) is 0 Å². The lowest BCUT2D eigenvalue weighted by atomic mass is 10.1. The number of nitrogens with one attached hydrogen (secondary N) is 2. The number of hydrogen-bond acceptors (Lipinski definition) is 3. The highest BCUT2D eigenvalue weighted by atomic mass is 35.5. The molecule has 1 atom stereocenters. The Morgan fingerprint density at radius 1 is 1.40 bits per heavy atom. The zero-order valence-electron chi connectivity index (χ0n) is 8.22. The van der Waals surface area contributed by atoms with Gasteiger partial charge in [-0.1, -0.05) is 29.3 Å². The Labute approximate surface area is 98.5 Å². The Balaban J connectivity index is 2.24. The molecule has 0 fully saturated rings. The minimum atomic E-state index is 0.113. The van der Waals surface area contributed by atoms with Crippen molar-refractivity contribution in [2.75, 3.05) is 13.6 Å². The summed E-state index contributed by atoms with van der Waals surface area (Å²) in [7, 11) is 1.84. The van der Waals surface area contributed by atoms with Gasteiger partial charge in [0.25, 0.3) is 0 Å². The molecule has 1 aromatic rings. The predicted octanol–water partition coefficient (Wildman–Crippen LogP) is 2.21. The molecule has 0 amide bonds. The third kappa shape index (κ3) is 2.19. The van der Waals surface area contributed by atoms with E-state index in [0.717, 1.165) is 18.1 Å². The molecule has 0 bridgehead atoms. The molecular weight excluding hydrogens is 233 g/mol. The van der Waals surface area contributed by atoms with Crippen molar-refractivity contribution < 1.29 is 0 Å². The van der Waals surface area contributed by atoms with Crippen LogP contribution in [-0.4, -0.2) is 19.6 Å². The maximum absolute atomic E-state index is 5.95. The number of nitrogens with zero attached hydrogens (tertiary/aromatic N) is 1. The Bertz CT molecular complexity index is 404. The second-order valence-corrected chi connectivity index (χ2v) is 4.11. The lowest BCUT2D eigenvalue weighted by Crippen LogP contribution is -2.30. The van der Waals surface area contributed by atoms with Crippen molar-refractivity contribution in [2.45, 2.75) is 6.04 Å². The van der Waals surface area contributed by atoms with E-state index in [1.165, 1.54) is 0 Å². The van der Waals surface area contributed by atoms with Crippen LogP contribution < -0.4 is 10.6 Å². The zero-order chi connectivity index (χ0) is 10.8. The Morgan fingerprint density at radius 2 is 2.20 bits per heavy atom. The number of halogens is 2. The minimum Gasteiger partial charge on any atom is -0.359 e. The highest BCUT2D eigenvalue weighted by molar-refractivity contribution is 6.42. The highest BCUT2D eigenvalue weighted by Crippen LogP contribution is 2.27. The number of rotatable bonds is 1. The topological polar surface area (TPSA) is 36.4 Å². The molecule has 1 unspecified atom stereocenters. The molecule has 0 saturated heterocycles. The molecule has 0 radical (unpaired) electrons. The van der Waals surface area contributed by atoms with Gasteiger partial charge in [-0.25, -0.2) is 4.99 Å². The second kappa shape index (κ2) is 4.29. The van der Waals surface area contributed by atoms with Gasteiger partial charge in [-0.15, -0.1) is 0 Å². The Morgan fingerprint density at radius 3 is 2.80 bits per heavy atom. The van der Waals surface area contributed by atoms with Gasteiger partial charge >= 0.3 is 0 Å². The van der Waals surface area contributed by atoms with Crippen molar-refractivity contribution >= 4 is 29.2 Å². The van der Waals surface area contributed by atoms with Gasteiger partial charge in [0.1, 0.15) is 0 Å². The summed E-state index contributed by atoms with van der Waals surface area (Å²) in [5.74, 6) is 0.811. The fourth-order valence-electron chi connectivity index (χ4n) is 1.51. The van der Waals surface area contributed by atoms with Crippen molar-refractivity contribution in [3.05, 3.63) is 33.8 Å². The summed E-state index contributed by atoms with van der Waals surface area (Å²) in [5, 5.41) is 7.27. The minimum absolute atomic E-state index is 0.113. The summed E-state index contributed by atoms with van der Waals surface area (Å²) in [5.41, 5.74) is 1.07. The summed E-state index contributed by atoms with van der Waals surface area (Å²) >= 11 is 11.8. The summed E-state index contributed by atoms with van der Waals surface area (Å²) in [6, 6.07) is 5.72. The van der Waals surface area contributed by atoms with Gasteiger partial charge in [-0.05, 0) is 17.7 Å². The number of aliphatic imine (C=N–C) groups is 1. The standard InChI is InChI=1S/C10H11Cl2N3/c1-13-10-14-5-9(15-10)6-2-3-7(11)8(12)4-6/h2-4,9H,5H2,1H3,(H2,13,14,15). The van der Waals surface area contributed by atoms with Crippen LogP contribution in [-0.2, 0) is 0 Å². The molecule has 1 aliphatic rings. The highest BCUT2D eigenvalue weighted by Gasteiger charge is 2.18. The second-order valence-electron chi connectivity index (χ2n) is 3.30. The average molecular weight is 244 g/mol. The predicted molar refractivity (Wildman–Crippen MR) is 63.7 cm³/mol. The normalized spacial score (nSPS) is 19.7. The molecule has 0 aromatic heterocycles. The quantitative estimate of drug-likeness (QED) is 0.794. The fourth-order valence-corrected chi connectivity index (χ4v) is 1.81. The van der Waals surface area contributed by atoms with Gasteiger partial charge in [0.2, 0.25) is 0 Å². The van der Waals surface area contributed by atoms with Crippen LogP contribution in [0.25, 0.3) is 0 Å². The molecule has 0 aliphatic carbocycles. The monoisotopic (exact) mass is 243 g/mol. The number of guanidine groups is 1. The first kappa shape index (κ1) is 10.6. The molecule has 0 saturated carbocycles. The molecule has 15 heavy (non-hydrogen) atoms. The molecular formula is C10H11Cl2N3. The van der Waals surface area contributed by atoms with Crippen LogP contribution in [0.5, 0.6) is 0 Å². The van der Waals surface area contributed by atoms with Crippen LogP contribution in [0.4, 0.5) is 0 Å². The summed E-state index contributed by atoms with van der Waals surface area (Å²) in [4.78, 5) is 4.44. The number of hydrogen-bond donors (Lipinski definition) is 2. The van der Waals surface area contributed by atoms with Gasteiger partial charge in [0.05, 0.1) is 16.1 Å². The van der Waals surface area contributed by atoms with Gasteiger partial charge in [-0.3, -0.25) is 0 Å². The zero-order valence-corrected chi connectivity index (χ0v) is 9.73. The van der Waals surface area contributed by atoms with Crippen molar-refractivity contribution in [2.24, 2.45) is 4.99 Å². The number of benzene rings is 1. The molecule has 1 aliphatic heterocycles. The molecule has 80 valence electrons. The molecule has 5 heteroatoms. The fraction of sp³-hybridized carbons (Fsp3) is 0.300. The van der Waals surface area contributed by atoms with E-state index in [1.807, 2.05) is 19.2 Å². The van der Waals surface area contributed by atoms with E-state index in [0.29, 0.717) is 10.0 Å². The SMILES string of the molecule is CNC1=NC(c2ccc(Cl)c(Cl)c2)CN1. The van der Waals surface area contributed by atoms with E-state index in [9.17, 15) is 0 Å². The van der Waals surface area contributed by atoms with Crippen LogP contribution in [0.2, 0.25) is 10.0 Å². The van der Waals surface area contributed by atoms with Crippen LogP contribution in [0.15, 0.2) is 23.2 Å². The lowest BCUT2D eigenvalue weighted by Gasteiger charge is -2.06. The van der Waals surface area contributed by atoms with E-state index in [2.05, 4.69) is 15.6 Å². The lowest BCUT2D eigenvalue weighted by molar-refractivity contribution is 0.751. The maximum atomic E-state index is 5.95. The molecule has 2 rings (SSSR count). The molecule has 1 heterocycles. The van der Waals surface area contributed by atoms with Gasteiger partial charge < -0.3 is 10.6 Å². The van der Waals surface area contributed by atoms with Gasteiger partial charge in [-0.2, -0.15) is 0 Å². The van der Waals surface area contributed by atoms with E-state index < -0.39 is 0 Å². The van der Waals surface area contributed by atoms with E-state index in [4.69, 9.17) is 23.2 Å².